The van der Waals surface area contributed by atoms with Gasteiger partial charge in [0, 0.05) is 45.5 Å². The van der Waals surface area contributed by atoms with Gasteiger partial charge in [0.1, 0.15) is 11.6 Å². The summed E-state index contributed by atoms with van der Waals surface area (Å²) < 4.78 is 0. The summed E-state index contributed by atoms with van der Waals surface area (Å²) in [5, 5.41) is 12.3. The quantitative estimate of drug-likeness (QED) is 0.474. The van der Waals surface area contributed by atoms with Gasteiger partial charge in [0.25, 0.3) is 5.91 Å². The number of amides is 1. The van der Waals surface area contributed by atoms with Gasteiger partial charge in [-0.15, -0.1) is 0 Å². The summed E-state index contributed by atoms with van der Waals surface area (Å²) in [7, 11) is 0. The first-order valence-corrected chi connectivity index (χ1v) is 8.63. The van der Waals surface area contributed by atoms with Gasteiger partial charge in [-0.05, 0) is 12.0 Å². The molecule has 1 aromatic rings. The molecule has 1 heterocycles. The summed E-state index contributed by atoms with van der Waals surface area (Å²) in [4.78, 5) is 16.6. The average Bonchev–Trinajstić information content (AvgIpc) is 2.63. The Morgan fingerprint density at radius 1 is 1.25 bits per heavy atom. The number of nitrogens with one attached hydrogen (secondary N) is 1. The summed E-state index contributed by atoms with van der Waals surface area (Å²) in [6.45, 7) is 6.81. The molecule has 5 nitrogen and oxygen atoms in total. The van der Waals surface area contributed by atoms with Gasteiger partial charge in [0.05, 0.1) is 0 Å². The number of rotatable bonds is 7. The number of nitriles is 1. The molecule has 0 aliphatic carbocycles. The first-order chi connectivity index (χ1) is 11.7. The van der Waals surface area contributed by atoms with E-state index < -0.39 is 0 Å². The Morgan fingerprint density at radius 3 is 2.58 bits per heavy atom. The molecule has 0 bridgehead atoms. The second-order valence-electron chi connectivity index (χ2n) is 6.03. The molecule has 5 heteroatoms. The van der Waals surface area contributed by atoms with Crippen LogP contribution in [0.5, 0.6) is 0 Å². The summed E-state index contributed by atoms with van der Waals surface area (Å²) in [6.07, 6.45) is 3.68. The lowest BCUT2D eigenvalue weighted by Crippen LogP contribution is -2.48. The Bertz CT molecular complexity index is 583. The van der Waals surface area contributed by atoms with Crippen LogP contribution in [0, 0.1) is 11.3 Å². The third-order valence-electron chi connectivity index (χ3n) is 4.18. The van der Waals surface area contributed by atoms with Crippen LogP contribution in [0.1, 0.15) is 25.3 Å². The van der Waals surface area contributed by atoms with E-state index in [-0.39, 0.29) is 11.5 Å². The number of nitrogens with zero attached hydrogens (tertiary/aromatic N) is 3. The number of unbranched alkanes of at least 4 members (excludes halogenated alkanes) is 1. The van der Waals surface area contributed by atoms with Crippen LogP contribution in [0.25, 0.3) is 0 Å². The van der Waals surface area contributed by atoms with Crippen molar-refractivity contribution in [3.63, 3.8) is 0 Å². The van der Waals surface area contributed by atoms with E-state index in [1.165, 1.54) is 5.56 Å². The summed E-state index contributed by atoms with van der Waals surface area (Å²) in [5.74, 6) is -0.166. The van der Waals surface area contributed by atoms with Gasteiger partial charge in [0.2, 0.25) is 0 Å². The molecule has 0 spiro atoms. The molecular weight excluding hydrogens is 300 g/mol. The minimum Gasteiger partial charge on any atom is -0.390 e. The number of carbonyl (C=O) groups is 1. The van der Waals surface area contributed by atoms with E-state index in [0.29, 0.717) is 13.1 Å². The maximum Gasteiger partial charge on any atom is 0.266 e. The topological polar surface area (TPSA) is 59.4 Å². The second kappa shape index (κ2) is 9.74. The number of benzene rings is 1. The van der Waals surface area contributed by atoms with Crippen molar-refractivity contribution >= 4 is 5.91 Å². The SMILES string of the molecule is CCCCN/C=C(/C#N)C(=O)N1CCN(Cc2ccccc2)CC1. The zero-order valence-corrected chi connectivity index (χ0v) is 14.4. The molecule has 0 atom stereocenters. The number of carbonyl (C=O) groups excluding carboxylic acids is 1. The van der Waals surface area contributed by atoms with Crippen LogP contribution in [-0.2, 0) is 11.3 Å². The summed E-state index contributed by atoms with van der Waals surface area (Å²) >= 11 is 0. The van der Waals surface area contributed by atoms with Crippen molar-refractivity contribution in [2.45, 2.75) is 26.3 Å². The van der Waals surface area contributed by atoms with E-state index in [2.05, 4.69) is 29.3 Å². The molecule has 1 aliphatic heterocycles. The largest absolute Gasteiger partial charge is 0.390 e. The lowest BCUT2D eigenvalue weighted by molar-refractivity contribution is -0.128. The van der Waals surface area contributed by atoms with E-state index in [4.69, 9.17) is 0 Å². The van der Waals surface area contributed by atoms with Crippen LogP contribution in [0.3, 0.4) is 0 Å². The van der Waals surface area contributed by atoms with Crippen molar-refractivity contribution in [2.75, 3.05) is 32.7 Å². The van der Waals surface area contributed by atoms with Crippen LogP contribution < -0.4 is 5.32 Å². The lowest BCUT2D eigenvalue weighted by atomic mass is 10.2. The fraction of sp³-hybridized carbons (Fsp3) is 0.474. The number of piperazine rings is 1. The highest BCUT2D eigenvalue weighted by molar-refractivity contribution is 5.97. The summed E-state index contributed by atoms with van der Waals surface area (Å²) in [6, 6.07) is 12.4. The third kappa shape index (κ3) is 5.39. The maximum absolute atomic E-state index is 12.4. The van der Waals surface area contributed by atoms with Crippen molar-refractivity contribution in [1.29, 1.82) is 5.26 Å². The first-order valence-electron chi connectivity index (χ1n) is 8.63. The van der Waals surface area contributed by atoms with Gasteiger partial charge in [-0.3, -0.25) is 9.69 Å². The van der Waals surface area contributed by atoms with Crippen molar-refractivity contribution in [2.24, 2.45) is 0 Å². The number of hydrogen-bond donors (Lipinski definition) is 1. The smallest absolute Gasteiger partial charge is 0.266 e. The van der Waals surface area contributed by atoms with Gasteiger partial charge in [-0.1, -0.05) is 43.7 Å². The molecule has 1 aromatic carbocycles. The van der Waals surface area contributed by atoms with E-state index in [9.17, 15) is 10.1 Å². The predicted octanol–water partition coefficient (Wildman–Crippen LogP) is 2.13. The number of hydrogen-bond acceptors (Lipinski definition) is 4. The van der Waals surface area contributed by atoms with Crippen LogP contribution in [0.4, 0.5) is 0 Å². The molecule has 0 saturated carbocycles. The van der Waals surface area contributed by atoms with Gasteiger partial charge in [0.15, 0.2) is 0 Å². The molecule has 1 N–H and O–H groups in total. The molecule has 0 aromatic heterocycles. The van der Waals surface area contributed by atoms with Crippen molar-refractivity contribution < 1.29 is 4.79 Å². The first kappa shape index (κ1) is 18.0. The third-order valence-corrected chi connectivity index (χ3v) is 4.18. The van der Waals surface area contributed by atoms with Gasteiger partial charge < -0.3 is 10.2 Å². The zero-order chi connectivity index (χ0) is 17.2. The standard InChI is InChI=1S/C19H26N4O/c1-2-3-9-21-15-18(14-20)19(24)23-12-10-22(11-13-23)16-17-7-5-4-6-8-17/h4-8,15,21H,2-3,9-13,16H2,1H3/b18-15-. The minimum absolute atomic E-state index is 0.166. The van der Waals surface area contributed by atoms with Crippen molar-refractivity contribution in [3.8, 4) is 6.07 Å². The molecule has 1 amide bonds. The molecule has 2 rings (SSSR count). The maximum atomic E-state index is 12.4. The highest BCUT2D eigenvalue weighted by atomic mass is 16.2. The van der Waals surface area contributed by atoms with Gasteiger partial charge >= 0.3 is 0 Å². The molecule has 128 valence electrons. The Kier molecular flexibility index (Phi) is 7.31. The lowest BCUT2D eigenvalue weighted by Gasteiger charge is -2.34. The van der Waals surface area contributed by atoms with E-state index >= 15 is 0 Å². The van der Waals surface area contributed by atoms with Crippen LogP contribution in [0.15, 0.2) is 42.1 Å². The van der Waals surface area contributed by atoms with Gasteiger partial charge in [-0.2, -0.15) is 5.26 Å². The zero-order valence-electron chi connectivity index (χ0n) is 14.4. The normalized spacial score (nSPS) is 15.8. The second-order valence-corrected chi connectivity index (χ2v) is 6.03. The molecule has 24 heavy (non-hydrogen) atoms. The fourth-order valence-corrected chi connectivity index (χ4v) is 2.72. The molecule has 0 unspecified atom stereocenters. The fourth-order valence-electron chi connectivity index (χ4n) is 2.72. The van der Waals surface area contributed by atoms with Crippen molar-refractivity contribution in [1.82, 2.24) is 15.1 Å². The molecular formula is C19H26N4O. The molecule has 0 radical (unpaired) electrons. The molecule has 1 fully saturated rings. The van der Waals surface area contributed by atoms with E-state index in [0.717, 1.165) is 39.0 Å². The molecule has 1 saturated heterocycles. The Morgan fingerprint density at radius 2 is 1.96 bits per heavy atom. The highest BCUT2D eigenvalue weighted by Gasteiger charge is 2.23. The van der Waals surface area contributed by atoms with Crippen LogP contribution in [0.2, 0.25) is 0 Å². The van der Waals surface area contributed by atoms with Crippen LogP contribution >= 0.6 is 0 Å². The van der Waals surface area contributed by atoms with E-state index in [1.54, 1.807) is 11.1 Å². The predicted molar refractivity (Wildman–Crippen MR) is 94.9 cm³/mol. The highest BCUT2D eigenvalue weighted by Crippen LogP contribution is 2.10. The Hall–Kier alpha value is -2.32. The minimum atomic E-state index is -0.166. The Labute approximate surface area is 144 Å². The average molecular weight is 326 g/mol. The Balaban J connectivity index is 1.82. The van der Waals surface area contributed by atoms with Crippen LogP contribution in [-0.4, -0.2) is 48.4 Å². The monoisotopic (exact) mass is 326 g/mol. The summed E-state index contributed by atoms with van der Waals surface area (Å²) in [5.41, 5.74) is 1.48. The van der Waals surface area contributed by atoms with Gasteiger partial charge in [-0.25, -0.2) is 0 Å². The van der Waals surface area contributed by atoms with E-state index in [1.807, 2.05) is 24.3 Å². The molecule has 1 aliphatic rings. The van der Waals surface area contributed by atoms with Crippen molar-refractivity contribution in [3.05, 3.63) is 47.7 Å².